The zero-order valence-electron chi connectivity index (χ0n) is 7.14. The number of carbonyl (C=O) groups excluding carboxylic acids is 1. The molecule has 0 rings (SSSR count). The fourth-order valence-electron chi connectivity index (χ4n) is 0.535. The van der Waals surface area contributed by atoms with Crippen LogP contribution in [0.2, 0.25) is 0 Å². The molecule has 0 aliphatic rings. The van der Waals surface area contributed by atoms with Crippen molar-refractivity contribution in [3.63, 3.8) is 0 Å². The topological polar surface area (TPSA) is 50.4 Å². The highest BCUT2D eigenvalue weighted by Crippen LogP contribution is 1.80. The Morgan fingerprint density at radius 2 is 2.18 bits per heavy atom. The molecule has 0 fully saturated rings. The number of rotatable bonds is 5. The summed E-state index contributed by atoms with van der Waals surface area (Å²) in [7, 11) is 1.83. The van der Waals surface area contributed by atoms with E-state index in [1.165, 1.54) is 0 Å². The molecule has 0 saturated heterocycles. The third kappa shape index (κ3) is 7.12. The van der Waals surface area contributed by atoms with Crippen LogP contribution in [0.5, 0.6) is 0 Å². The molecule has 0 aliphatic carbocycles. The summed E-state index contributed by atoms with van der Waals surface area (Å²) in [6.45, 7) is 3.83. The van der Waals surface area contributed by atoms with Gasteiger partial charge in [0.25, 0.3) is 0 Å². The van der Waals surface area contributed by atoms with E-state index in [1.54, 1.807) is 0 Å². The van der Waals surface area contributed by atoms with E-state index in [2.05, 4.69) is 10.6 Å². The van der Waals surface area contributed by atoms with Gasteiger partial charge < -0.3 is 15.4 Å². The van der Waals surface area contributed by atoms with Crippen LogP contribution in [-0.4, -0.2) is 32.8 Å². The fraction of sp³-hybridized carbons (Fsp3) is 0.857. The van der Waals surface area contributed by atoms with Crippen molar-refractivity contribution in [3.8, 4) is 0 Å². The summed E-state index contributed by atoms with van der Waals surface area (Å²) in [6, 6.07) is 0. The monoisotopic (exact) mass is 160 g/mol. The lowest BCUT2D eigenvalue weighted by atomic mass is 10.5. The average Bonchev–Trinajstić information content (AvgIpc) is 2.01. The molecule has 0 aromatic heterocycles. The van der Waals surface area contributed by atoms with Crippen molar-refractivity contribution in [1.29, 1.82) is 0 Å². The van der Waals surface area contributed by atoms with Gasteiger partial charge in [0, 0.05) is 13.1 Å². The number of nitrogens with one attached hydrogen (secondary N) is 2. The normalized spacial score (nSPS) is 9.27. The molecule has 0 unspecified atom stereocenters. The molecule has 0 heterocycles. The number of likely N-dealkylation sites (N-methyl/N-ethyl adjacent to an activating group) is 1. The van der Waals surface area contributed by atoms with E-state index in [0.717, 1.165) is 13.0 Å². The summed E-state index contributed by atoms with van der Waals surface area (Å²) in [4.78, 5) is 10.7. The van der Waals surface area contributed by atoms with Gasteiger partial charge in [0.15, 0.2) is 0 Å². The smallest absolute Gasteiger partial charge is 0.407 e. The first kappa shape index (κ1) is 10.2. The van der Waals surface area contributed by atoms with E-state index in [1.807, 2.05) is 14.0 Å². The van der Waals surface area contributed by atoms with Crippen LogP contribution in [0.25, 0.3) is 0 Å². The van der Waals surface area contributed by atoms with Crippen molar-refractivity contribution < 1.29 is 9.53 Å². The number of hydrogen-bond acceptors (Lipinski definition) is 3. The highest BCUT2D eigenvalue weighted by atomic mass is 16.5. The van der Waals surface area contributed by atoms with E-state index in [4.69, 9.17) is 4.74 Å². The second-order valence-electron chi connectivity index (χ2n) is 2.17. The molecule has 0 aromatic carbocycles. The van der Waals surface area contributed by atoms with Gasteiger partial charge in [0.05, 0.1) is 6.61 Å². The Morgan fingerprint density at radius 3 is 2.73 bits per heavy atom. The first-order chi connectivity index (χ1) is 5.31. The van der Waals surface area contributed by atoms with Crippen molar-refractivity contribution in [2.45, 2.75) is 13.3 Å². The molecule has 1 amide bonds. The summed E-state index contributed by atoms with van der Waals surface area (Å²) in [6.07, 6.45) is 0.529. The molecule has 4 nitrogen and oxygen atoms in total. The molecule has 11 heavy (non-hydrogen) atoms. The van der Waals surface area contributed by atoms with Crippen molar-refractivity contribution in [2.75, 3.05) is 26.7 Å². The summed E-state index contributed by atoms with van der Waals surface area (Å²) in [5.41, 5.74) is 0. The maximum Gasteiger partial charge on any atom is 0.407 e. The Bertz CT molecular complexity index is 107. The lowest BCUT2D eigenvalue weighted by Gasteiger charge is -2.04. The van der Waals surface area contributed by atoms with Gasteiger partial charge >= 0.3 is 6.09 Å². The Kier molecular flexibility index (Phi) is 6.82. The van der Waals surface area contributed by atoms with E-state index < -0.39 is 0 Å². The Labute approximate surface area is 67.3 Å². The van der Waals surface area contributed by atoms with Gasteiger partial charge in [-0.2, -0.15) is 0 Å². The molecule has 0 atom stereocenters. The second kappa shape index (κ2) is 7.34. The van der Waals surface area contributed by atoms with Crippen LogP contribution in [0.15, 0.2) is 0 Å². The van der Waals surface area contributed by atoms with Crippen LogP contribution < -0.4 is 10.6 Å². The molecule has 0 bridgehead atoms. The van der Waals surface area contributed by atoms with Gasteiger partial charge in [-0.25, -0.2) is 4.79 Å². The summed E-state index contributed by atoms with van der Waals surface area (Å²) >= 11 is 0. The third-order valence-corrected chi connectivity index (χ3v) is 1.08. The molecule has 0 spiro atoms. The van der Waals surface area contributed by atoms with Gasteiger partial charge in [0.2, 0.25) is 0 Å². The van der Waals surface area contributed by atoms with Gasteiger partial charge in [0.1, 0.15) is 0 Å². The summed E-state index contributed by atoms with van der Waals surface area (Å²) < 4.78 is 4.76. The molecule has 0 radical (unpaired) electrons. The number of alkyl carbamates (subject to hydrolysis) is 1. The molecule has 0 aromatic rings. The molecular weight excluding hydrogens is 144 g/mol. The lowest BCUT2D eigenvalue weighted by Crippen LogP contribution is -2.31. The highest BCUT2D eigenvalue weighted by molar-refractivity contribution is 5.66. The maximum absolute atomic E-state index is 10.7. The first-order valence-electron chi connectivity index (χ1n) is 3.86. The molecular formula is C7H16N2O2. The molecule has 66 valence electrons. The average molecular weight is 160 g/mol. The lowest BCUT2D eigenvalue weighted by molar-refractivity contribution is 0.146. The van der Waals surface area contributed by atoms with Crippen LogP contribution in [0.4, 0.5) is 4.79 Å². The third-order valence-electron chi connectivity index (χ3n) is 1.08. The fourth-order valence-corrected chi connectivity index (χ4v) is 0.535. The van der Waals surface area contributed by atoms with Crippen LogP contribution in [0.3, 0.4) is 0 Å². The van der Waals surface area contributed by atoms with Crippen molar-refractivity contribution >= 4 is 6.09 Å². The molecule has 2 N–H and O–H groups in total. The summed E-state index contributed by atoms with van der Waals surface area (Å²) in [5.74, 6) is 0. The SMILES string of the molecule is CCCOC(=O)NCCNC. The number of amides is 1. The second-order valence-corrected chi connectivity index (χ2v) is 2.17. The van der Waals surface area contributed by atoms with Crippen molar-refractivity contribution in [2.24, 2.45) is 0 Å². The van der Waals surface area contributed by atoms with Gasteiger partial charge in [-0.15, -0.1) is 0 Å². The number of hydrogen-bond donors (Lipinski definition) is 2. The van der Waals surface area contributed by atoms with E-state index in [9.17, 15) is 4.79 Å². The van der Waals surface area contributed by atoms with E-state index in [0.29, 0.717) is 13.2 Å². The minimum atomic E-state index is -0.331. The van der Waals surface area contributed by atoms with Crippen LogP contribution >= 0.6 is 0 Å². The Morgan fingerprint density at radius 1 is 1.45 bits per heavy atom. The van der Waals surface area contributed by atoms with Crippen LogP contribution in [0, 0.1) is 0 Å². The quantitative estimate of drug-likeness (QED) is 0.570. The predicted molar refractivity (Wildman–Crippen MR) is 43.6 cm³/mol. The molecule has 0 aliphatic heterocycles. The first-order valence-corrected chi connectivity index (χ1v) is 3.86. The van der Waals surface area contributed by atoms with Gasteiger partial charge in [-0.3, -0.25) is 0 Å². The largest absolute Gasteiger partial charge is 0.450 e. The zero-order chi connectivity index (χ0) is 8.53. The molecule has 0 saturated carbocycles. The van der Waals surface area contributed by atoms with Crippen molar-refractivity contribution in [1.82, 2.24) is 10.6 Å². The van der Waals surface area contributed by atoms with Gasteiger partial charge in [-0.1, -0.05) is 6.92 Å². The Balaban J connectivity index is 3.09. The Hall–Kier alpha value is -0.770. The maximum atomic E-state index is 10.7. The minimum absolute atomic E-state index is 0.331. The van der Waals surface area contributed by atoms with Crippen LogP contribution in [-0.2, 0) is 4.74 Å². The van der Waals surface area contributed by atoms with Crippen molar-refractivity contribution in [3.05, 3.63) is 0 Å². The van der Waals surface area contributed by atoms with E-state index >= 15 is 0 Å². The predicted octanol–water partition coefficient (Wildman–Crippen LogP) is 0.342. The number of carbonyl (C=O) groups is 1. The standard InChI is InChI=1S/C7H16N2O2/c1-3-6-11-7(10)9-5-4-8-2/h8H,3-6H2,1-2H3,(H,9,10). The van der Waals surface area contributed by atoms with E-state index in [-0.39, 0.29) is 6.09 Å². The summed E-state index contributed by atoms with van der Waals surface area (Å²) in [5, 5.41) is 5.50. The molecule has 4 heteroatoms. The number of ether oxygens (including phenoxy) is 1. The van der Waals surface area contributed by atoms with Gasteiger partial charge in [-0.05, 0) is 13.5 Å². The highest BCUT2D eigenvalue weighted by Gasteiger charge is 1.97. The zero-order valence-corrected chi connectivity index (χ0v) is 7.14. The minimum Gasteiger partial charge on any atom is -0.450 e. The van der Waals surface area contributed by atoms with Crippen LogP contribution in [0.1, 0.15) is 13.3 Å².